The zero-order valence-electron chi connectivity index (χ0n) is 15.1. The van der Waals surface area contributed by atoms with Crippen LogP contribution in [0.4, 0.5) is 0 Å². The summed E-state index contributed by atoms with van der Waals surface area (Å²) < 4.78 is 10.5. The Morgan fingerprint density at radius 2 is 1.92 bits per heavy atom. The Morgan fingerprint density at radius 1 is 1.29 bits per heavy atom. The van der Waals surface area contributed by atoms with Gasteiger partial charge in [-0.05, 0) is 61.9 Å². The molecule has 132 valence electrons. The second-order valence-corrected chi connectivity index (χ2v) is 7.08. The second kappa shape index (κ2) is 6.83. The van der Waals surface area contributed by atoms with E-state index in [2.05, 4.69) is 5.16 Å². The highest BCUT2D eigenvalue weighted by Gasteiger charge is 2.58. The van der Waals surface area contributed by atoms with E-state index in [1.165, 1.54) is 7.11 Å². The van der Waals surface area contributed by atoms with Gasteiger partial charge in [0.05, 0.1) is 24.8 Å². The molecule has 2 rings (SSSR count). The van der Waals surface area contributed by atoms with Crippen molar-refractivity contribution in [2.24, 2.45) is 21.9 Å². The number of methoxy groups -OCH3 is 1. The number of oxime groups is 1. The molecule has 1 aliphatic rings. The van der Waals surface area contributed by atoms with Crippen LogP contribution in [0.5, 0.6) is 5.75 Å². The van der Waals surface area contributed by atoms with E-state index < -0.39 is 5.41 Å². The van der Waals surface area contributed by atoms with Gasteiger partial charge in [-0.2, -0.15) is 0 Å². The first-order valence-electron chi connectivity index (χ1n) is 8.35. The summed E-state index contributed by atoms with van der Waals surface area (Å²) in [6.45, 7) is 8.56. The van der Waals surface area contributed by atoms with Crippen molar-refractivity contribution in [3.05, 3.63) is 29.8 Å². The topological polar surface area (TPSA) is 68.1 Å². The van der Waals surface area contributed by atoms with E-state index >= 15 is 0 Å². The third-order valence-electron chi connectivity index (χ3n) is 5.76. The summed E-state index contributed by atoms with van der Waals surface area (Å²) in [7, 11) is 1.42. The highest BCUT2D eigenvalue weighted by atomic mass is 16.5. The third-order valence-corrected chi connectivity index (χ3v) is 5.76. The first-order chi connectivity index (χ1) is 11.3. The van der Waals surface area contributed by atoms with Crippen molar-refractivity contribution >= 4 is 11.7 Å². The quantitative estimate of drug-likeness (QED) is 0.384. The van der Waals surface area contributed by atoms with Crippen molar-refractivity contribution in [2.45, 2.75) is 40.5 Å². The predicted molar refractivity (Wildman–Crippen MR) is 92.6 cm³/mol. The molecule has 1 aromatic rings. The highest BCUT2D eigenvalue weighted by Crippen LogP contribution is 2.57. The number of carbonyl (C=O) groups is 1. The van der Waals surface area contributed by atoms with Crippen LogP contribution in [0.25, 0.3) is 0 Å². The highest BCUT2D eigenvalue weighted by molar-refractivity contribution is 6.03. The number of nitrogens with zero attached hydrogens (tertiary/aromatic N) is 1. The smallest absolute Gasteiger partial charge is 0.312 e. The molecule has 0 aromatic heterocycles. The average Bonchev–Trinajstić information content (AvgIpc) is 2.81. The lowest BCUT2D eigenvalue weighted by Gasteiger charge is -2.39. The monoisotopic (exact) mass is 333 g/mol. The van der Waals surface area contributed by atoms with Gasteiger partial charge in [-0.25, -0.2) is 0 Å². The number of hydrogen-bond acceptors (Lipinski definition) is 5. The van der Waals surface area contributed by atoms with Gasteiger partial charge in [0.15, 0.2) is 0 Å². The maximum Gasteiger partial charge on any atom is 0.312 e. The number of ether oxygens (including phenoxy) is 2. The number of carbonyl (C=O) groups excluding carboxylic acids is 1. The largest absolute Gasteiger partial charge is 0.494 e. The molecule has 0 heterocycles. The first kappa shape index (κ1) is 18.3. The normalized spacial score (nSPS) is 26.2. The van der Waals surface area contributed by atoms with Crippen molar-refractivity contribution in [2.75, 3.05) is 13.7 Å². The molecule has 0 radical (unpaired) electrons. The molecule has 1 saturated carbocycles. The Kier molecular flexibility index (Phi) is 5.21. The molecule has 0 unspecified atom stereocenters. The Hall–Kier alpha value is -2.04. The molecule has 24 heavy (non-hydrogen) atoms. The summed E-state index contributed by atoms with van der Waals surface area (Å²) in [4.78, 5) is 12.3. The van der Waals surface area contributed by atoms with Gasteiger partial charge in [0.25, 0.3) is 0 Å². The summed E-state index contributed by atoms with van der Waals surface area (Å²) in [6, 6.07) is 7.52. The second-order valence-electron chi connectivity index (χ2n) is 7.08. The van der Waals surface area contributed by atoms with E-state index in [1.807, 2.05) is 52.0 Å². The number of hydrogen-bond donors (Lipinski definition) is 1. The minimum absolute atomic E-state index is 0.0375. The fraction of sp³-hybridized carbons (Fsp3) is 0.579. The van der Waals surface area contributed by atoms with Gasteiger partial charge in [0, 0.05) is 5.92 Å². The lowest BCUT2D eigenvalue weighted by atomic mass is 9.64. The SMILES string of the molecule is CCOc1ccc(/C(=N/O)[C@H]2CC[C@@](C)(C(=O)OC)C2(C)C)cc1. The summed E-state index contributed by atoms with van der Waals surface area (Å²) in [6.07, 6.45) is 1.47. The third kappa shape index (κ3) is 2.87. The van der Waals surface area contributed by atoms with Crippen LogP contribution in [0.2, 0.25) is 0 Å². The van der Waals surface area contributed by atoms with E-state index in [9.17, 15) is 10.0 Å². The van der Waals surface area contributed by atoms with Crippen LogP contribution in [-0.2, 0) is 9.53 Å². The Labute approximate surface area is 143 Å². The Morgan fingerprint density at radius 3 is 2.42 bits per heavy atom. The Bertz CT molecular complexity index is 621. The summed E-state index contributed by atoms with van der Waals surface area (Å²) in [5.41, 5.74) is 0.456. The van der Waals surface area contributed by atoms with Crippen molar-refractivity contribution in [3.8, 4) is 5.75 Å². The van der Waals surface area contributed by atoms with E-state index in [0.717, 1.165) is 17.7 Å². The predicted octanol–water partition coefficient (Wildman–Crippen LogP) is 3.88. The van der Waals surface area contributed by atoms with Crippen LogP contribution in [0, 0.1) is 16.7 Å². The molecule has 0 saturated heterocycles. The number of esters is 1. The molecule has 1 N–H and O–H groups in total. The summed E-state index contributed by atoms with van der Waals surface area (Å²) in [5, 5.41) is 13.2. The van der Waals surface area contributed by atoms with Gasteiger partial charge in [-0.3, -0.25) is 4.79 Å². The molecule has 1 fully saturated rings. The molecule has 2 atom stereocenters. The van der Waals surface area contributed by atoms with Crippen LogP contribution >= 0.6 is 0 Å². The zero-order valence-corrected chi connectivity index (χ0v) is 15.1. The molecular weight excluding hydrogens is 306 g/mol. The van der Waals surface area contributed by atoms with Crippen LogP contribution in [0.15, 0.2) is 29.4 Å². The maximum absolute atomic E-state index is 12.3. The fourth-order valence-corrected chi connectivity index (χ4v) is 3.79. The van der Waals surface area contributed by atoms with Crippen molar-refractivity contribution in [1.82, 2.24) is 0 Å². The molecule has 0 bridgehead atoms. The molecule has 5 heteroatoms. The summed E-state index contributed by atoms with van der Waals surface area (Å²) >= 11 is 0. The van der Waals surface area contributed by atoms with Gasteiger partial charge in [-0.15, -0.1) is 0 Å². The van der Waals surface area contributed by atoms with Gasteiger partial charge in [0.1, 0.15) is 5.75 Å². The molecule has 0 spiro atoms. The number of rotatable bonds is 5. The zero-order chi connectivity index (χ0) is 18.0. The van der Waals surface area contributed by atoms with Crippen LogP contribution in [-0.4, -0.2) is 30.6 Å². The van der Waals surface area contributed by atoms with Crippen molar-refractivity contribution in [3.63, 3.8) is 0 Å². The lowest BCUT2D eigenvalue weighted by molar-refractivity contribution is -0.157. The van der Waals surface area contributed by atoms with Gasteiger partial charge >= 0.3 is 5.97 Å². The van der Waals surface area contributed by atoms with E-state index in [0.29, 0.717) is 18.7 Å². The van der Waals surface area contributed by atoms with E-state index in [1.54, 1.807) is 0 Å². The minimum Gasteiger partial charge on any atom is -0.494 e. The Balaban J connectivity index is 2.33. The molecule has 0 amide bonds. The van der Waals surface area contributed by atoms with Crippen LogP contribution in [0.3, 0.4) is 0 Å². The van der Waals surface area contributed by atoms with Gasteiger partial charge < -0.3 is 14.7 Å². The minimum atomic E-state index is -0.604. The van der Waals surface area contributed by atoms with Gasteiger partial charge in [-0.1, -0.05) is 19.0 Å². The molecule has 5 nitrogen and oxygen atoms in total. The lowest BCUT2D eigenvalue weighted by Crippen LogP contribution is -2.43. The fourth-order valence-electron chi connectivity index (χ4n) is 3.79. The van der Waals surface area contributed by atoms with Gasteiger partial charge in [0.2, 0.25) is 0 Å². The first-order valence-corrected chi connectivity index (χ1v) is 8.35. The van der Waals surface area contributed by atoms with E-state index in [4.69, 9.17) is 9.47 Å². The number of benzene rings is 1. The summed E-state index contributed by atoms with van der Waals surface area (Å²) in [5.74, 6) is 0.534. The average molecular weight is 333 g/mol. The molecular formula is C19H27NO4. The molecule has 1 aromatic carbocycles. The van der Waals surface area contributed by atoms with E-state index in [-0.39, 0.29) is 17.3 Å². The molecule has 1 aliphatic carbocycles. The molecule has 0 aliphatic heterocycles. The van der Waals surface area contributed by atoms with Crippen LogP contribution in [0.1, 0.15) is 46.1 Å². The van der Waals surface area contributed by atoms with Crippen molar-refractivity contribution in [1.29, 1.82) is 0 Å². The van der Waals surface area contributed by atoms with Crippen LogP contribution < -0.4 is 4.74 Å². The maximum atomic E-state index is 12.3. The standard InChI is InChI=1S/C19H27NO4/c1-6-24-14-9-7-13(8-10-14)16(20-22)15-11-12-19(4,17(21)23-5)18(15,2)3/h7-10,15,22H,6,11-12H2,1-5H3/b20-16-/t15-,19+/m1/s1. The van der Waals surface area contributed by atoms with Crippen molar-refractivity contribution < 1.29 is 19.5 Å².